The van der Waals surface area contributed by atoms with E-state index in [9.17, 15) is 30.6 Å². The number of hydrogen-bond donors (Lipinski definition) is 6. The van der Waals surface area contributed by atoms with Crippen molar-refractivity contribution in [2.24, 2.45) is 10.8 Å². The van der Waals surface area contributed by atoms with Crippen LogP contribution in [-0.4, -0.2) is 68.3 Å². The molecule has 0 radical (unpaired) electrons. The lowest BCUT2D eigenvalue weighted by Gasteiger charge is -2.25. The van der Waals surface area contributed by atoms with Crippen LogP contribution in [0, 0.1) is 10.8 Å². The third-order valence-corrected chi connectivity index (χ3v) is 7.29. The number of hydrogen-bond acceptors (Lipinski definition) is 6. The molecule has 2 rings (SSSR count). The van der Waals surface area contributed by atoms with Gasteiger partial charge in [0.2, 0.25) is 0 Å². The predicted octanol–water partition coefficient (Wildman–Crippen LogP) is 3.88. The molecule has 6 heteroatoms. The molecule has 6 N–H and O–H groups in total. The number of aliphatic hydroxyl groups is 6. The van der Waals surface area contributed by atoms with Gasteiger partial charge in [-0.3, -0.25) is 0 Å². The second-order valence-electron chi connectivity index (χ2n) is 12.0. The molecular formula is C30H48O6. The summed E-state index contributed by atoms with van der Waals surface area (Å²) in [7, 11) is 0. The maximum atomic E-state index is 10.9. The zero-order valence-electron chi connectivity index (χ0n) is 22.5. The summed E-state index contributed by atoms with van der Waals surface area (Å²) in [5.41, 5.74) is 2.46. The minimum absolute atomic E-state index is 0.116. The van der Waals surface area contributed by atoms with Gasteiger partial charge < -0.3 is 30.6 Å². The molecule has 0 spiro atoms. The van der Waals surface area contributed by atoms with Gasteiger partial charge in [-0.1, -0.05) is 64.8 Å². The van der Waals surface area contributed by atoms with Crippen LogP contribution in [0.2, 0.25) is 0 Å². The van der Waals surface area contributed by atoms with Gasteiger partial charge in [-0.25, -0.2) is 0 Å². The maximum absolute atomic E-state index is 10.9. The first-order chi connectivity index (χ1) is 16.9. The molecule has 0 saturated carbocycles. The first-order valence-electron chi connectivity index (χ1n) is 13.3. The van der Waals surface area contributed by atoms with Gasteiger partial charge in [0.05, 0.1) is 24.4 Å². The van der Waals surface area contributed by atoms with Gasteiger partial charge in [-0.15, -0.1) is 0 Å². The van der Waals surface area contributed by atoms with Gasteiger partial charge in [-0.05, 0) is 83.8 Å². The fourth-order valence-electron chi connectivity index (χ4n) is 4.67. The highest BCUT2D eigenvalue weighted by Gasteiger charge is 2.24. The van der Waals surface area contributed by atoms with E-state index in [2.05, 4.69) is 0 Å². The number of aliphatic hydroxyl groups excluding tert-OH is 6. The molecule has 0 saturated heterocycles. The minimum atomic E-state index is -0.827. The summed E-state index contributed by atoms with van der Waals surface area (Å²) in [4.78, 5) is 0. The number of rotatable bonds is 14. The normalized spacial score (nSPS) is 25.5. The Labute approximate surface area is 217 Å². The highest BCUT2D eigenvalue weighted by Crippen LogP contribution is 2.30. The smallest absolute Gasteiger partial charge is 0.1000 e. The van der Waals surface area contributed by atoms with Crippen molar-refractivity contribution in [1.29, 1.82) is 0 Å². The van der Waals surface area contributed by atoms with E-state index in [1.54, 1.807) is 36.5 Å². The predicted molar refractivity (Wildman–Crippen MR) is 144 cm³/mol. The maximum Gasteiger partial charge on any atom is 0.1000 e. The van der Waals surface area contributed by atoms with Crippen molar-refractivity contribution < 1.29 is 30.6 Å². The molecule has 0 amide bonds. The lowest BCUT2D eigenvalue weighted by molar-refractivity contribution is 0.147. The lowest BCUT2D eigenvalue weighted by atomic mass is 9.85. The van der Waals surface area contributed by atoms with Gasteiger partial charge in [0.1, 0.15) is 0 Å². The van der Waals surface area contributed by atoms with Gasteiger partial charge >= 0.3 is 0 Å². The van der Waals surface area contributed by atoms with E-state index in [4.69, 9.17) is 0 Å². The highest BCUT2D eigenvalue weighted by molar-refractivity contribution is 5.44. The van der Waals surface area contributed by atoms with Crippen LogP contribution < -0.4 is 0 Å². The molecule has 0 heterocycles. The van der Waals surface area contributed by atoms with E-state index in [1.807, 2.05) is 27.7 Å². The zero-order valence-corrected chi connectivity index (χ0v) is 22.5. The van der Waals surface area contributed by atoms with Crippen molar-refractivity contribution in [3.8, 4) is 0 Å². The molecule has 0 fully saturated rings. The monoisotopic (exact) mass is 504 g/mol. The Kier molecular flexibility index (Phi) is 11.8. The lowest BCUT2D eigenvalue weighted by Crippen LogP contribution is -2.23. The molecule has 204 valence electrons. The van der Waals surface area contributed by atoms with Crippen molar-refractivity contribution >= 4 is 0 Å². The van der Waals surface area contributed by atoms with E-state index in [-0.39, 0.29) is 24.0 Å². The molecular weight excluding hydrogens is 456 g/mol. The van der Waals surface area contributed by atoms with Gasteiger partial charge in [0.25, 0.3) is 0 Å². The zero-order chi connectivity index (χ0) is 26.9. The molecule has 2 aliphatic carbocycles. The minimum Gasteiger partial charge on any atom is -0.396 e. The summed E-state index contributed by atoms with van der Waals surface area (Å²) >= 11 is 0. The molecule has 2 aliphatic rings. The van der Waals surface area contributed by atoms with Crippen LogP contribution in [0.25, 0.3) is 0 Å². The van der Waals surface area contributed by atoms with Crippen molar-refractivity contribution in [3.05, 3.63) is 58.7 Å². The SMILES string of the molecule is CC(C)(CO)CCCCC1=CC(O)C=C(/C=C\C2=CC(O)C=C(CCCCC(C)(C)CO)C2O)C1O. The Morgan fingerprint density at radius 3 is 1.31 bits per heavy atom. The molecule has 0 bridgehead atoms. The molecule has 0 aromatic carbocycles. The molecule has 4 atom stereocenters. The summed E-state index contributed by atoms with van der Waals surface area (Å²) < 4.78 is 0. The van der Waals surface area contributed by atoms with E-state index >= 15 is 0 Å². The molecule has 4 unspecified atom stereocenters. The van der Waals surface area contributed by atoms with Crippen LogP contribution in [-0.2, 0) is 0 Å². The third-order valence-electron chi connectivity index (χ3n) is 7.29. The topological polar surface area (TPSA) is 121 Å². The third kappa shape index (κ3) is 9.73. The first-order valence-corrected chi connectivity index (χ1v) is 13.3. The van der Waals surface area contributed by atoms with Gasteiger partial charge in [0, 0.05) is 13.2 Å². The Morgan fingerprint density at radius 1 is 0.611 bits per heavy atom. The van der Waals surface area contributed by atoms with Crippen LogP contribution in [0.15, 0.2) is 58.7 Å². The van der Waals surface area contributed by atoms with Crippen molar-refractivity contribution in [1.82, 2.24) is 0 Å². The van der Waals surface area contributed by atoms with Crippen molar-refractivity contribution in [3.63, 3.8) is 0 Å². The van der Waals surface area contributed by atoms with Crippen LogP contribution in [0.3, 0.4) is 0 Å². The second kappa shape index (κ2) is 13.8. The average molecular weight is 505 g/mol. The summed E-state index contributed by atoms with van der Waals surface area (Å²) in [5.74, 6) is 0. The summed E-state index contributed by atoms with van der Waals surface area (Å²) in [6, 6.07) is 0. The average Bonchev–Trinajstić information content (AvgIpc) is 2.82. The number of unbranched alkanes of at least 4 members (excludes halogenated alkanes) is 2. The van der Waals surface area contributed by atoms with E-state index < -0.39 is 24.4 Å². The van der Waals surface area contributed by atoms with Crippen molar-refractivity contribution in [2.75, 3.05) is 13.2 Å². The van der Waals surface area contributed by atoms with Crippen LogP contribution >= 0.6 is 0 Å². The molecule has 6 nitrogen and oxygen atoms in total. The van der Waals surface area contributed by atoms with Crippen LogP contribution in [0.4, 0.5) is 0 Å². The van der Waals surface area contributed by atoms with Gasteiger partial charge in [0.15, 0.2) is 0 Å². The summed E-state index contributed by atoms with van der Waals surface area (Å²) in [5, 5.41) is 61.2. The van der Waals surface area contributed by atoms with Gasteiger partial charge in [-0.2, -0.15) is 0 Å². The highest BCUT2D eigenvalue weighted by atomic mass is 16.3. The standard InChI is InChI=1S/C30H48O6/c1-29(2,19-31)13-7-5-9-21-15-25(33)17-23(27(21)35)11-12-24-18-26(34)16-22(28(24)36)10-6-8-14-30(3,4)20-32/h11-12,15-18,25-28,31-36H,5-10,13-14,19-20H2,1-4H3/b12-11-. The van der Waals surface area contributed by atoms with E-state index in [1.165, 1.54) is 0 Å². The quantitative estimate of drug-likeness (QED) is 0.158. The molecule has 36 heavy (non-hydrogen) atoms. The Balaban J connectivity index is 1.94. The van der Waals surface area contributed by atoms with E-state index in [0.717, 1.165) is 49.7 Å². The molecule has 0 aromatic rings. The summed E-state index contributed by atoms with van der Waals surface area (Å²) in [6.07, 6.45) is 13.4. The van der Waals surface area contributed by atoms with Crippen LogP contribution in [0.1, 0.15) is 79.1 Å². The summed E-state index contributed by atoms with van der Waals surface area (Å²) in [6.45, 7) is 8.40. The fraction of sp³-hybridized carbons (Fsp3) is 0.667. The van der Waals surface area contributed by atoms with E-state index in [0.29, 0.717) is 24.0 Å². The molecule has 0 aromatic heterocycles. The Hall–Kier alpha value is -1.54. The largest absolute Gasteiger partial charge is 0.396 e. The van der Waals surface area contributed by atoms with Crippen molar-refractivity contribution in [2.45, 2.75) is 103 Å². The fourth-order valence-corrected chi connectivity index (χ4v) is 4.67. The van der Waals surface area contributed by atoms with Crippen LogP contribution in [0.5, 0.6) is 0 Å². The Bertz CT molecular complexity index is 791. The Morgan fingerprint density at radius 2 is 0.972 bits per heavy atom. The second-order valence-corrected chi connectivity index (χ2v) is 12.0. The molecule has 0 aliphatic heterocycles. The first kappa shape index (κ1) is 30.7.